The molecule has 0 saturated heterocycles. The molecular formula is C24H24N4O7S. The summed E-state index contributed by atoms with van der Waals surface area (Å²) in [5.41, 5.74) is 3.47. The smallest absolute Gasteiger partial charge is 0.270 e. The van der Waals surface area contributed by atoms with Crippen LogP contribution in [0.4, 0.5) is 11.4 Å². The highest BCUT2D eigenvalue weighted by Gasteiger charge is 2.30. The fraction of sp³-hybridized carbons (Fsp3) is 0.167. The van der Waals surface area contributed by atoms with Gasteiger partial charge in [-0.05, 0) is 31.2 Å². The Balaban J connectivity index is 1.93. The monoisotopic (exact) mass is 512 g/mol. The molecule has 0 fully saturated rings. The average Bonchev–Trinajstić information content (AvgIpc) is 2.87. The van der Waals surface area contributed by atoms with Crippen molar-refractivity contribution < 1.29 is 27.6 Å². The van der Waals surface area contributed by atoms with Crippen LogP contribution in [0.5, 0.6) is 11.5 Å². The summed E-state index contributed by atoms with van der Waals surface area (Å²) in [5, 5.41) is 14.7. The summed E-state index contributed by atoms with van der Waals surface area (Å²) >= 11 is 0. The number of benzene rings is 3. The van der Waals surface area contributed by atoms with Gasteiger partial charge in [-0.15, -0.1) is 0 Å². The Kier molecular flexibility index (Phi) is 8.22. The highest BCUT2D eigenvalue weighted by Crippen LogP contribution is 2.35. The molecule has 188 valence electrons. The number of hydrogen-bond acceptors (Lipinski definition) is 8. The first-order valence-electron chi connectivity index (χ1n) is 10.5. The van der Waals surface area contributed by atoms with Gasteiger partial charge in [0.15, 0.2) is 0 Å². The van der Waals surface area contributed by atoms with Crippen molar-refractivity contribution >= 4 is 33.5 Å². The lowest BCUT2D eigenvalue weighted by atomic mass is 10.2. The van der Waals surface area contributed by atoms with Gasteiger partial charge < -0.3 is 9.47 Å². The van der Waals surface area contributed by atoms with Gasteiger partial charge in [0.25, 0.3) is 21.6 Å². The number of carbonyl (C=O) groups is 1. The molecule has 1 amide bonds. The number of carbonyl (C=O) groups excluding carboxylic acids is 1. The van der Waals surface area contributed by atoms with Gasteiger partial charge >= 0.3 is 0 Å². The fourth-order valence-electron chi connectivity index (χ4n) is 3.19. The number of sulfonamides is 1. The zero-order valence-electron chi connectivity index (χ0n) is 19.7. The van der Waals surface area contributed by atoms with Crippen LogP contribution in [-0.4, -0.2) is 46.2 Å². The van der Waals surface area contributed by atoms with Crippen LogP contribution in [-0.2, 0) is 14.8 Å². The third-order valence-electron chi connectivity index (χ3n) is 5.03. The largest absolute Gasteiger partial charge is 0.497 e. The molecule has 0 aliphatic carbocycles. The molecule has 3 aromatic rings. The van der Waals surface area contributed by atoms with Crippen molar-refractivity contribution in [1.29, 1.82) is 0 Å². The lowest BCUT2D eigenvalue weighted by Gasteiger charge is -2.25. The molecule has 0 bridgehead atoms. The number of hydrogen-bond donors (Lipinski definition) is 1. The second-order valence-electron chi connectivity index (χ2n) is 7.51. The zero-order valence-corrected chi connectivity index (χ0v) is 20.6. The first-order chi connectivity index (χ1) is 17.1. The molecule has 11 nitrogen and oxygen atoms in total. The Labute approximate surface area is 208 Å². The van der Waals surface area contributed by atoms with E-state index in [1.54, 1.807) is 24.3 Å². The van der Waals surface area contributed by atoms with Crippen LogP contribution < -0.4 is 19.2 Å². The summed E-state index contributed by atoms with van der Waals surface area (Å²) in [6.07, 6.45) is 1.22. The highest BCUT2D eigenvalue weighted by molar-refractivity contribution is 7.92. The molecule has 0 aliphatic rings. The molecule has 0 unspecified atom stereocenters. The van der Waals surface area contributed by atoms with Crippen molar-refractivity contribution in [2.45, 2.75) is 11.8 Å². The first kappa shape index (κ1) is 26.2. The number of amides is 1. The lowest BCUT2D eigenvalue weighted by Crippen LogP contribution is -2.39. The molecule has 36 heavy (non-hydrogen) atoms. The SMILES string of the molecule is COc1ccc(OC)c(N(CC(=O)N/N=C\c2cccc([N+](=O)[O-])c2)S(=O)(=O)c2ccc(C)cc2)c1. The number of aryl methyl sites for hydroxylation is 1. The van der Waals surface area contributed by atoms with Crippen molar-refractivity contribution in [2.24, 2.45) is 5.10 Å². The molecule has 0 aromatic heterocycles. The fourth-order valence-corrected chi connectivity index (χ4v) is 4.62. The molecule has 0 heterocycles. The first-order valence-corrected chi connectivity index (χ1v) is 12.0. The molecule has 0 saturated carbocycles. The minimum absolute atomic E-state index is 0.0223. The van der Waals surface area contributed by atoms with Gasteiger partial charge in [0.1, 0.15) is 18.0 Å². The number of anilines is 1. The minimum atomic E-state index is -4.21. The Hall–Kier alpha value is -4.45. The molecule has 0 spiro atoms. The molecule has 0 atom stereocenters. The summed E-state index contributed by atoms with van der Waals surface area (Å²) < 4.78 is 38.7. The Morgan fingerprint density at radius 3 is 2.44 bits per heavy atom. The van der Waals surface area contributed by atoms with Gasteiger partial charge in [0, 0.05) is 23.8 Å². The van der Waals surface area contributed by atoms with Crippen LogP contribution in [0.25, 0.3) is 0 Å². The number of nitrogens with one attached hydrogen (secondary N) is 1. The van der Waals surface area contributed by atoms with E-state index in [1.165, 1.54) is 62.9 Å². The van der Waals surface area contributed by atoms with Crippen molar-refractivity contribution in [2.75, 3.05) is 25.1 Å². The lowest BCUT2D eigenvalue weighted by molar-refractivity contribution is -0.384. The van der Waals surface area contributed by atoms with Gasteiger partial charge in [0.2, 0.25) is 0 Å². The summed E-state index contributed by atoms with van der Waals surface area (Å²) in [7, 11) is -1.40. The number of ether oxygens (including phenoxy) is 2. The van der Waals surface area contributed by atoms with E-state index in [-0.39, 0.29) is 22.0 Å². The van der Waals surface area contributed by atoms with Crippen LogP contribution in [0.2, 0.25) is 0 Å². The molecular weight excluding hydrogens is 488 g/mol. The van der Waals surface area contributed by atoms with E-state index in [0.717, 1.165) is 9.87 Å². The van der Waals surface area contributed by atoms with Crippen LogP contribution >= 0.6 is 0 Å². The number of methoxy groups -OCH3 is 2. The third kappa shape index (κ3) is 6.16. The van der Waals surface area contributed by atoms with Crippen molar-refractivity contribution in [3.63, 3.8) is 0 Å². The van der Waals surface area contributed by atoms with Crippen molar-refractivity contribution in [3.05, 3.63) is 88.0 Å². The number of non-ortho nitro benzene ring substituents is 1. The summed E-state index contributed by atoms with van der Waals surface area (Å²) in [5.74, 6) is -0.185. The normalized spacial score (nSPS) is 11.2. The molecule has 1 N–H and O–H groups in total. The van der Waals surface area contributed by atoms with Crippen LogP contribution in [0.1, 0.15) is 11.1 Å². The molecule has 12 heteroatoms. The van der Waals surface area contributed by atoms with Gasteiger partial charge in [-0.1, -0.05) is 29.8 Å². The Morgan fingerprint density at radius 2 is 1.81 bits per heavy atom. The second kappa shape index (κ2) is 11.3. The molecule has 0 radical (unpaired) electrons. The standard InChI is InChI=1S/C24H24N4O7S/c1-17-7-10-21(11-8-17)36(32,33)27(22-14-20(34-2)9-12-23(22)35-3)16-24(29)26-25-15-18-5-4-6-19(13-18)28(30)31/h4-15H,16H2,1-3H3,(H,26,29)/b25-15-. The molecule has 3 rings (SSSR count). The van der Waals surface area contributed by atoms with Crippen molar-refractivity contribution in [3.8, 4) is 11.5 Å². The number of nitro benzene ring substituents is 1. The zero-order chi connectivity index (χ0) is 26.3. The number of nitro groups is 1. The summed E-state index contributed by atoms with van der Waals surface area (Å²) in [6, 6.07) is 16.4. The maximum atomic E-state index is 13.6. The average molecular weight is 513 g/mol. The molecule has 3 aromatic carbocycles. The van der Waals surface area contributed by atoms with Gasteiger partial charge in [-0.3, -0.25) is 19.2 Å². The Morgan fingerprint density at radius 1 is 1.08 bits per heavy atom. The maximum Gasteiger partial charge on any atom is 0.270 e. The van der Waals surface area contributed by atoms with E-state index in [4.69, 9.17) is 9.47 Å². The second-order valence-corrected chi connectivity index (χ2v) is 9.37. The van der Waals surface area contributed by atoms with E-state index in [2.05, 4.69) is 10.5 Å². The van der Waals surface area contributed by atoms with E-state index < -0.39 is 27.4 Å². The number of nitrogens with zero attached hydrogens (tertiary/aromatic N) is 3. The number of rotatable bonds is 10. The maximum absolute atomic E-state index is 13.6. The predicted molar refractivity (Wildman–Crippen MR) is 134 cm³/mol. The van der Waals surface area contributed by atoms with Crippen LogP contribution in [0.15, 0.2) is 76.7 Å². The van der Waals surface area contributed by atoms with E-state index in [1.807, 2.05) is 6.92 Å². The van der Waals surface area contributed by atoms with Crippen LogP contribution in [0, 0.1) is 17.0 Å². The third-order valence-corrected chi connectivity index (χ3v) is 6.81. The topological polar surface area (TPSA) is 140 Å². The van der Waals surface area contributed by atoms with Gasteiger partial charge in [-0.2, -0.15) is 5.10 Å². The van der Waals surface area contributed by atoms with E-state index >= 15 is 0 Å². The Bertz CT molecular complexity index is 1390. The summed E-state index contributed by atoms with van der Waals surface area (Å²) in [4.78, 5) is 23.1. The summed E-state index contributed by atoms with van der Waals surface area (Å²) in [6.45, 7) is 1.19. The van der Waals surface area contributed by atoms with Gasteiger partial charge in [-0.25, -0.2) is 13.8 Å². The van der Waals surface area contributed by atoms with Crippen LogP contribution in [0.3, 0.4) is 0 Å². The molecule has 0 aliphatic heterocycles. The number of hydrazone groups is 1. The van der Waals surface area contributed by atoms with E-state index in [0.29, 0.717) is 11.3 Å². The minimum Gasteiger partial charge on any atom is -0.497 e. The van der Waals surface area contributed by atoms with Gasteiger partial charge in [0.05, 0.1) is 35.9 Å². The van der Waals surface area contributed by atoms with Crippen molar-refractivity contribution in [1.82, 2.24) is 5.43 Å². The van der Waals surface area contributed by atoms with E-state index in [9.17, 15) is 23.3 Å². The quantitative estimate of drug-likeness (QED) is 0.250. The predicted octanol–water partition coefficient (Wildman–Crippen LogP) is 3.27. The highest BCUT2D eigenvalue weighted by atomic mass is 32.2.